The molecule has 2 aromatic carbocycles. The number of imide groups is 2. The molecule has 154 valence electrons. The minimum Gasteiger partial charge on any atom is -0.497 e. The van der Waals surface area contributed by atoms with Gasteiger partial charge in [-0.3, -0.25) is 14.9 Å². The van der Waals surface area contributed by atoms with Crippen LogP contribution in [0.25, 0.3) is 6.08 Å². The van der Waals surface area contributed by atoms with Crippen LogP contribution in [-0.4, -0.2) is 38.7 Å². The Balaban J connectivity index is 2.00. The van der Waals surface area contributed by atoms with E-state index in [0.717, 1.165) is 4.90 Å². The SMILES string of the molecule is C=CCOc1cc(OC)ccc1/C=C1\C(=O)NC(=O)N(c2ccc(OC)cc2)C1=O. The Morgan fingerprint density at radius 3 is 2.30 bits per heavy atom. The van der Waals surface area contributed by atoms with Gasteiger partial charge in [-0.1, -0.05) is 12.7 Å². The van der Waals surface area contributed by atoms with E-state index < -0.39 is 17.8 Å². The minimum absolute atomic E-state index is 0.209. The summed E-state index contributed by atoms with van der Waals surface area (Å²) >= 11 is 0. The maximum Gasteiger partial charge on any atom is 0.335 e. The quantitative estimate of drug-likeness (QED) is 0.430. The number of carbonyl (C=O) groups excluding carboxylic acids is 3. The highest BCUT2D eigenvalue weighted by atomic mass is 16.5. The molecule has 3 rings (SSSR count). The van der Waals surface area contributed by atoms with Crippen LogP contribution in [0.3, 0.4) is 0 Å². The van der Waals surface area contributed by atoms with Gasteiger partial charge in [0, 0.05) is 11.6 Å². The van der Waals surface area contributed by atoms with Gasteiger partial charge in [0.15, 0.2) is 0 Å². The van der Waals surface area contributed by atoms with Gasteiger partial charge in [-0.25, -0.2) is 9.69 Å². The summed E-state index contributed by atoms with van der Waals surface area (Å²) in [5, 5.41) is 2.19. The van der Waals surface area contributed by atoms with Gasteiger partial charge in [0.05, 0.1) is 19.9 Å². The summed E-state index contributed by atoms with van der Waals surface area (Å²) in [5.41, 5.74) is 0.564. The number of urea groups is 1. The van der Waals surface area contributed by atoms with Crippen molar-refractivity contribution in [1.29, 1.82) is 0 Å². The molecule has 1 N–H and O–H groups in total. The molecule has 4 amide bonds. The van der Waals surface area contributed by atoms with E-state index in [9.17, 15) is 14.4 Å². The topological polar surface area (TPSA) is 94.2 Å². The van der Waals surface area contributed by atoms with Crippen LogP contribution in [-0.2, 0) is 9.59 Å². The van der Waals surface area contributed by atoms with Crippen LogP contribution >= 0.6 is 0 Å². The zero-order chi connectivity index (χ0) is 21.7. The number of methoxy groups -OCH3 is 2. The fourth-order valence-electron chi connectivity index (χ4n) is 2.81. The third-order valence-corrected chi connectivity index (χ3v) is 4.31. The monoisotopic (exact) mass is 408 g/mol. The van der Waals surface area contributed by atoms with Gasteiger partial charge in [0.25, 0.3) is 11.8 Å². The summed E-state index contributed by atoms with van der Waals surface area (Å²) in [5.74, 6) is -0.0294. The first-order valence-corrected chi connectivity index (χ1v) is 8.95. The molecule has 8 heteroatoms. The van der Waals surface area contributed by atoms with Crippen molar-refractivity contribution < 1.29 is 28.6 Å². The smallest absolute Gasteiger partial charge is 0.335 e. The molecule has 1 aliphatic heterocycles. The molecule has 0 aromatic heterocycles. The first-order chi connectivity index (χ1) is 14.5. The third kappa shape index (κ3) is 4.17. The second-order valence-corrected chi connectivity index (χ2v) is 6.16. The van der Waals surface area contributed by atoms with Gasteiger partial charge in [-0.15, -0.1) is 0 Å². The molecule has 1 heterocycles. The van der Waals surface area contributed by atoms with E-state index in [1.165, 1.54) is 20.3 Å². The standard InChI is InChI=1S/C22H20N2O6/c1-4-11-30-19-13-17(29-3)8-5-14(19)12-18-20(25)23-22(27)24(21(18)26)15-6-9-16(28-2)10-7-15/h4-10,12-13H,1,11H2,2-3H3,(H,23,25,27)/b18-12+. The summed E-state index contributed by atoms with van der Waals surface area (Å²) < 4.78 is 15.9. The summed E-state index contributed by atoms with van der Waals surface area (Å²) in [6.45, 7) is 3.83. The molecule has 0 spiro atoms. The van der Waals surface area contributed by atoms with E-state index in [1.807, 2.05) is 0 Å². The van der Waals surface area contributed by atoms with Crippen molar-refractivity contribution in [3.05, 3.63) is 66.3 Å². The molecule has 1 aliphatic rings. The van der Waals surface area contributed by atoms with Crippen molar-refractivity contribution in [2.75, 3.05) is 25.7 Å². The van der Waals surface area contributed by atoms with Crippen LogP contribution in [0.5, 0.6) is 17.2 Å². The zero-order valence-corrected chi connectivity index (χ0v) is 16.5. The highest BCUT2D eigenvalue weighted by Gasteiger charge is 2.37. The molecule has 0 atom stereocenters. The van der Waals surface area contributed by atoms with E-state index in [4.69, 9.17) is 14.2 Å². The number of ether oxygens (including phenoxy) is 3. The van der Waals surface area contributed by atoms with Gasteiger partial charge >= 0.3 is 6.03 Å². The number of nitrogens with one attached hydrogen (secondary N) is 1. The molecule has 0 radical (unpaired) electrons. The van der Waals surface area contributed by atoms with Crippen LogP contribution in [0.4, 0.5) is 10.5 Å². The van der Waals surface area contributed by atoms with Crippen LogP contribution in [0.2, 0.25) is 0 Å². The summed E-state index contributed by atoms with van der Waals surface area (Å²) in [6, 6.07) is 10.5. The molecule has 8 nitrogen and oxygen atoms in total. The maximum absolute atomic E-state index is 13.0. The average Bonchev–Trinajstić information content (AvgIpc) is 2.75. The van der Waals surface area contributed by atoms with Crippen molar-refractivity contribution in [3.63, 3.8) is 0 Å². The molecule has 1 fully saturated rings. The predicted molar refractivity (Wildman–Crippen MR) is 111 cm³/mol. The maximum atomic E-state index is 13.0. The number of rotatable bonds is 7. The molecule has 2 aromatic rings. The van der Waals surface area contributed by atoms with Crippen LogP contribution in [0.1, 0.15) is 5.56 Å². The second-order valence-electron chi connectivity index (χ2n) is 6.16. The van der Waals surface area contributed by atoms with E-state index in [2.05, 4.69) is 11.9 Å². The van der Waals surface area contributed by atoms with Crippen LogP contribution < -0.4 is 24.4 Å². The second kappa shape index (κ2) is 8.95. The number of carbonyl (C=O) groups is 3. The first kappa shape index (κ1) is 20.7. The largest absolute Gasteiger partial charge is 0.497 e. The number of hydrogen-bond donors (Lipinski definition) is 1. The Bertz CT molecular complexity index is 1030. The molecule has 1 saturated heterocycles. The Morgan fingerprint density at radius 1 is 1.00 bits per heavy atom. The predicted octanol–water partition coefficient (Wildman–Crippen LogP) is 2.94. The van der Waals surface area contributed by atoms with Crippen molar-refractivity contribution >= 4 is 29.6 Å². The molecular weight excluding hydrogens is 388 g/mol. The molecule has 0 aliphatic carbocycles. The summed E-state index contributed by atoms with van der Waals surface area (Å²) in [4.78, 5) is 38.6. The summed E-state index contributed by atoms with van der Waals surface area (Å²) in [6.07, 6.45) is 2.94. The molecule has 0 saturated carbocycles. The fraction of sp³-hybridized carbons (Fsp3) is 0.136. The number of benzene rings is 2. The van der Waals surface area contributed by atoms with Gasteiger partial charge in [0.2, 0.25) is 0 Å². The fourth-order valence-corrected chi connectivity index (χ4v) is 2.81. The van der Waals surface area contributed by atoms with Crippen molar-refractivity contribution in [2.45, 2.75) is 0 Å². The number of anilines is 1. The zero-order valence-electron chi connectivity index (χ0n) is 16.5. The van der Waals surface area contributed by atoms with E-state index in [1.54, 1.807) is 48.5 Å². The Labute approximate surface area is 173 Å². The number of barbiturate groups is 1. The Morgan fingerprint density at radius 2 is 1.67 bits per heavy atom. The van der Waals surface area contributed by atoms with Gasteiger partial charge in [-0.05, 0) is 42.5 Å². The number of amides is 4. The van der Waals surface area contributed by atoms with E-state index in [-0.39, 0.29) is 12.2 Å². The lowest BCUT2D eigenvalue weighted by molar-refractivity contribution is -0.122. The van der Waals surface area contributed by atoms with E-state index in [0.29, 0.717) is 28.5 Å². The Hall–Kier alpha value is -4.07. The highest BCUT2D eigenvalue weighted by Crippen LogP contribution is 2.29. The van der Waals surface area contributed by atoms with Crippen LogP contribution in [0.15, 0.2) is 60.7 Å². The van der Waals surface area contributed by atoms with Crippen molar-refractivity contribution in [1.82, 2.24) is 5.32 Å². The van der Waals surface area contributed by atoms with Crippen molar-refractivity contribution in [2.24, 2.45) is 0 Å². The molecule has 0 bridgehead atoms. The Kier molecular flexibility index (Phi) is 6.17. The number of hydrogen-bond acceptors (Lipinski definition) is 6. The highest BCUT2D eigenvalue weighted by molar-refractivity contribution is 6.39. The molecule has 0 unspecified atom stereocenters. The van der Waals surface area contributed by atoms with Gasteiger partial charge in [-0.2, -0.15) is 0 Å². The minimum atomic E-state index is -0.829. The van der Waals surface area contributed by atoms with Gasteiger partial charge < -0.3 is 14.2 Å². The summed E-state index contributed by atoms with van der Waals surface area (Å²) in [7, 11) is 3.02. The van der Waals surface area contributed by atoms with E-state index >= 15 is 0 Å². The average molecular weight is 408 g/mol. The van der Waals surface area contributed by atoms with Crippen LogP contribution in [0, 0.1) is 0 Å². The van der Waals surface area contributed by atoms with Gasteiger partial charge in [0.1, 0.15) is 29.4 Å². The normalized spacial score (nSPS) is 15.1. The third-order valence-electron chi connectivity index (χ3n) is 4.31. The molecule has 30 heavy (non-hydrogen) atoms. The lowest BCUT2D eigenvalue weighted by Gasteiger charge is -2.26. The lowest BCUT2D eigenvalue weighted by Crippen LogP contribution is -2.54. The number of nitrogens with zero attached hydrogens (tertiary/aromatic N) is 1. The first-order valence-electron chi connectivity index (χ1n) is 8.95. The molecular formula is C22H20N2O6. The lowest BCUT2D eigenvalue weighted by atomic mass is 10.1. The van der Waals surface area contributed by atoms with Crippen molar-refractivity contribution in [3.8, 4) is 17.2 Å².